The molecule has 0 unspecified atom stereocenters. The van der Waals surface area contributed by atoms with E-state index >= 15 is 0 Å². The summed E-state index contributed by atoms with van der Waals surface area (Å²) in [5.74, 6) is 0.00491. The minimum absolute atomic E-state index is 0.00491. The standard InChI is InChI=1S/C8H15NO3/c1-2-8(5-12-6-8)7(11)9-3-4-10/h10H,2-6H2,1H3,(H,9,11). The lowest BCUT2D eigenvalue weighted by molar-refractivity contribution is -0.162. The van der Waals surface area contributed by atoms with Crippen LogP contribution in [-0.4, -0.2) is 37.4 Å². The minimum Gasteiger partial charge on any atom is -0.395 e. The first kappa shape index (κ1) is 9.48. The second-order valence-electron chi connectivity index (χ2n) is 3.11. The van der Waals surface area contributed by atoms with E-state index in [2.05, 4.69) is 5.32 Å². The monoisotopic (exact) mass is 173 g/mol. The predicted octanol–water partition coefficient (Wildman–Crippen LogP) is -0.479. The molecule has 0 spiro atoms. The fourth-order valence-corrected chi connectivity index (χ4v) is 1.20. The SMILES string of the molecule is CCC1(C(=O)NCCO)COC1. The van der Waals surface area contributed by atoms with Gasteiger partial charge in [0.05, 0.1) is 25.2 Å². The molecule has 0 radical (unpaired) electrons. The molecule has 4 nitrogen and oxygen atoms in total. The number of ether oxygens (including phenoxy) is 1. The Labute approximate surface area is 71.9 Å². The first-order valence-corrected chi connectivity index (χ1v) is 4.22. The number of carbonyl (C=O) groups excluding carboxylic acids is 1. The van der Waals surface area contributed by atoms with Crippen LogP contribution in [-0.2, 0) is 9.53 Å². The van der Waals surface area contributed by atoms with E-state index in [1.165, 1.54) is 0 Å². The van der Waals surface area contributed by atoms with Gasteiger partial charge in [-0.3, -0.25) is 4.79 Å². The Morgan fingerprint density at radius 1 is 1.67 bits per heavy atom. The van der Waals surface area contributed by atoms with Crippen molar-refractivity contribution in [1.82, 2.24) is 5.32 Å². The van der Waals surface area contributed by atoms with Crippen molar-refractivity contribution in [2.45, 2.75) is 13.3 Å². The van der Waals surface area contributed by atoms with E-state index in [0.29, 0.717) is 19.8 Å². The maximum absolute atomic E-state index is 11.4. The molecule has 1 aliphatic rings. The van der Waals surface area contributed by atoms with E-state index in [-0.39, 0.29) is 17.9 Å². The molecule has 0 saturated carbocycles. The smallest absolute Gasteiger partial charge is 0.230 e. The van der Waals surface area contributed by atoms with Crippen LogP contribution in [0.3, 0.4) is 0 Å². The zero-order valence-corrected chi connectivity index (χ0v) is 7.30. The molecule has 0 aromatic carbocycles. The Morgan fingerprint density at radius 2 is 2.33 bits per heavy atom. The third kappa shape index (κ3) is 1.59. The summed E-state index contributed by atoms with van der Waals surface area (Å²) in [6.45, 7) is 3.33. The predicted molar refractivity (Wildman–Crippen MR) is 43.6 cm³/mol. The third-order valence-corrected chi connectivity index (χ3v) is 2.31. The maximum atomic E-state index is 11.4. The number of carbonyl (C=O) groups is 1. The largest absolute Gasteiger partial charge is 0.395 e. The van der Waals surface area contributed by atoms with Gasteiger partial charge in [-0.25, -0.2) is 0 Å². The van der Waals surface area contributed by atoms with Crippen LogP contribution in [0.5, 0.6) is 0 Å². The van der Waals surface area contributed by atoms with Gasteiger partial charge in [0.15, 0.2) is 0 Å². The molecular formula is C8H15NO3. The van der Waals surface area contributed by atoms with Crippen LogP contribution in [0, 0.1) is 5.41 Å². The Balaban J connectivity index is 2.38. The van der Waals surface area contributed by atoms with Gasteiger partial charge in [-0.2, -0.15) is 0 Å². The van der Waals surface area contributed by atoms with Crippen molar-refractivity contribution < 1.29 is 14.6 Å². The minimum atomic E-state index is -0.310. The van der Waals surface area contributed by atoms with Crippen molar-refractivity contribution in [2.75, 3.05) is 26.4 Å². The molecule has 70 valence electrons. The highest BCUT2D eigenvalue weighted by atomic mass is 16.5. The van der Waals surface area contributed by atoms with E-state index in [1.807, 2.05) is 6.92 Å². The summed E-state index contributed by atoms with van der Waals surface area (Å²) in [5.41, 5.74) is -0.310. The molecule has 2 N–H and O–H groups in total. The first-order chi connectivity index (χ1) is 5.75. The molecule has 1 amide bonds. The summed E-state index contributed by atoms with van der Waals surface area (Å²) in [6.07, 6.45) is 0.796. The van der Waals surface area contributed by atoms with Crippen LogP contribution >= 0.6 is 0 Å². The van der Waals surface area contributed by atoms with E-state index in [0.717, 1.165) is 6.42 Å². The molecule has 0 aromatic heterocycles. The number of amides is 1. The number of hydrogen-bond acceptors (Lipinski definition) is 3. The van der Waals surface area contributed by atoms with Crippen molar-refractivity contribution in [2.24, 2.45) is 5.41 Å². The summed E-state index contributed by atoms with van der Waals surface area (Å²) in [5, 5.41) is 11.2. The van der Waals surface area contributed by atoms with Crippen molar-refractivity contribution in [1.29, 1.82) is 0 Å². The van der Waals surface area contributed by atoms with Crippen molar-refractivity contribution >= 4 is 5.91 Å². The van der Waals surface area contributed by atoms with Gasteiger partial charge in [0.25, 0.3) is 0 Å². The molecule has 0 atom stereocenters. The van der Waals surface area contributed by atoms with Crippen LogP contribution in [0.4, 0.5) is 0 Å². The lowest BCUT2D eigenvalue weighted by atomic mass is 9.82. The second kappa shape index (κ2) is 3.87. The topological polar surface area (TPSA) is 58.6 Å². The summed E-state index contributed by atoms with van der Waals surface area (Å²) < 4.78 is 5.01. The number of aliphatic hydroxyl groups excluding tert-OH is 1. The number of aliphatic hydroxyl groups is 1. The fourth-order valence-electron chi connectivity index (χ4n) is 1.20. The molecular weight excluding hydrogens is 158 g/mol. The highest BCUT2D eigenvalue weighted by Crippen LogP contribution is 2.31. The number of hydrogen-bond donors (Lipinski definition) is 2. The molecule has 12 heavy (non-hydrogen) atoms. The van der Waals surface area contributed by atoms with Gasteiger partial charge < -0.3 is 15.2 Å². The highest BCUT2D eigenvalue weighted by molar-refractivity contribution is 5.83. The van der Waals surface area contributed by atoms with Gasteiger partial charge in [-0.15, -0.1) is 0 Å². The van der Waals surface area contributed by atoms with Gasteiger partial charge in [0.1, 0.15) is 0 Å². The Bertz CT molecular complexity index is 160. The Hall–Kier alpha value is -0.610. The van der Waals surface area contributed by atoms with Crippen LogP contribution < -0.4 is 5.32 Å². The Kier molecular flexibility index (Phi) is 3.05. The molecule has 1 fully saturated rings. The summed E-state index contributed by atoms with van der Waals surface area (Å²) >= 11 is 0. The van der Waals surface area contributed by atoms with Gasteiger partial charge >= 0.3 is 0 Å². The van der Waals surface area contributed by atoms with E-state index in [9.17, 15) is 4.79 Å². The average molecular weight is 173 g/mol. The van der Waals surface area contributed by atoms with E-state index in [1.54, 1.807) is 0 Å². The van der Waals surface area contributed by atoms with Gasteiger partial charge in [-0.05, 0) is 6.42 Å². The second-order valence-corrected chi connectivity index (χ2v) is 3.11. The van der Waals surface area contributed by atoms with Gasteiger partial charge in [0, 0.05) is 6.54 Å². The van der Waals surface area contributed by atoms with Gasteiger partial charge in [0.2, 0.25) is 5.91 Å². The normalized spacial score (nSPS) is 19.8. The summed E-state index contributed by atoms with van der Waals surface area (Å²) in [7, 11) is 0. The summed E-state index contributed by atoms with van der Waals surface area (Å²) in [4.78, 5) is 11.4. The molecule has 0 aromatic rings. The third-order valence-electron chi connectivity index (χ3n) is 2.31. The Morgan fingerprint density at radius 3 is 2.67 bits per heavy atom. The van der Waals surface area contributed by atoms with Crippen LogP contribution in [0.1, 0.15) is 13.3 Å². The maximum Gasteiger partial charge on any atom is 0.230 e. The molecule has 1 saturated heterocycles. The van der Waals surface area contributed by atoms with Crippen molar-refractivity contribution in [3.8, 4) is 0 Å². The molecule has 1 heterocycles. The number of nitrogens with one attached hydrogen (secondary N) is 1. The molecule has 0 aliphatic carbocycles. The molecule has 1 aliphatic heterocycles. The lowest BCUT2D eigenvalue weighted by Crippen LogP contribution is -2.54. The van der Waals surface area contributed by atoms with Crippen LogP contribution in [0.25, 0.3) is 0 Å². The fraction of sp³-hybridized carbons (Fsp3) is 0.875. The van der Waals surface area contributed by atoms with E-state index < -0.39 is 0 Å². The average Bonchev–Trinajstić information content (AvgIpc) is 2.00. The quantitative estimate of drug-likeness (QED) is 0.603. The zero-order chi connectivity index (χ0) is 9.03. The first-order valence-electron chi connectivity index (χ1n) is 4.22. The molecule has 4 heteroatoms. The van der Waals surface area contributed by atoms with Crippen molar-refractivity contribution in [3.05, 3.63) is 0 Å². The van der Waals surface area contributed by atoms with Crippen molar-refractivity contribution in [3.63, 3.8) is 0 Å². The summed E-state index contributed by atoms with van der Waals surface area (Å²) in [6, 6.07) is 0. The zero-order valence-electron chi connectivity index (χ0n) is 7.30. The lowest BCUT2D eigenvalue weighted by Gasteiger charge is -2.38. The van der Waals surface area contributed by atoms with E-state index in [4.69, 9.17) is 9.84 Å². The van der Waals surface area contributed by atoms with Crippen LogP contribution in [0.15, 0.2) is 0 Å². The molecule has 1 rings (SSSR count). The number of rotatable bonds is 4. The molecule has 0 bridgehead atoms. The van der Waals surface area contributed by atoms with Gasteiger partial charge in [-0.1, -0.05) is 6.92 Å². The van der Waals surface area contributed by atoms with Crippen LogP contribution in [0.2, 0.25) is 0 Å². The highest BCUT2D eigenvalue weighted by Gasteiger charge is 2.43.